The first-order valence-corrected chi connectivity index (χ1v) is 8.68. The number of anilines is 1. The zero-order valence-corrected chi connectivity index (χ0v) is 14.8. The fourth-order valence-electron chi connectivity index (χ4n) is 3.17. The van der Waals surface area contributed by atoms with E-state index in [4.69, 9.17) is 9.47 Å². The van der Waals surface area contributed by atoms with Gasteiger partial charge in [0.1, 0.15) is 24.4 Å². The average Bonchev–Trinajstić information content (AvgIpc) is 3.30. The third-order valence-electron chi connectivity index (χ3n) is 4.67. The van der Waals surface area contributed by atoms with Gasteiger partial charge in [-0.1, -0.05) is 12.1 Å². The molecular formula is C18H21N5O4. The van der Waals surface area contributed by atoms with Crippen molar-refractivity contribution in [3.8, 4) is 5.75 Å². The standard InChI is InChI=1S/C18H21N5O4/c1-26-12-4-2-11(3-5-12)7-19-17-16-18(21-9-20-17)23(10-22-16)15-6-13(25)14(8-24)27-15/h2-5,9-10,13-15,24-25H,6-8H2,1H3,(H,19,20,21)/t13-,14+,15+/m0/s1. The topological polar surface area (TPSA) is 115 Å². The summed E-state index contributed by atoms with van der Waals surface area (Å²) in [6, 6.07) is 7.76. The van der Waals surface area contributed by atoms with E-state index in [9.17, 15) is 10.2 Å². The van der Waals surface area contributed by atoms with Gasteiger partial charge in [0, 0.05) is 13.0 Å². The molecule has 3 aromatic rings. The normalized spacial score (nSPS) is 22.3. The fraction of sp³-hybridized carbons (Fsp3) is 0.389. The van der Waals surface area contributed by atoms with Crippen LogP contribution in [0.1, 0.15) is 18.2 Å². The van der Waals surface area contributed by atoms with Crippen molar-refractivity contribution in [2.24, 2.45) is 0 Å². The molecule has 0 bridgehead atoms. The Labute approximate surface area is 155 Å². The Morgan fingerprint density at radius 1 is 1.26 bits per heavy atom. The van der Waals surface area contributed by atoms with Crippen molar-refractivity contribution in [1.82, 2.24) is 19.5 Å². The minimum absolute atomic E-state index is 0.228. The summed E-state index contributed by atoms with van der Waals surface area (Å²) in [6.45, 7) is 0.349. The lowest BCUT2D eigenvalue weighted by atomic mass is 10.2. The van der Waals surface area contributed by atoms with E-state index in [1.807, 2.05) is 24.3 Å². The summed E-state index contributed by atoms with van der Waals surface area (Å²) in [6.07, 6.45) is 1.72. The fourth-order valence-corrected chi connectivity index (χ4v) is 3.17. The van der Waals surface area contributed by atoms with Crippen LogP contribution in [0.2, 0.25) is 0 Å². The second-order valence-electron chi connectivity index (χ2n) is 6.36. The van der Waals surface area contributed by atoms with Crippen LogP contribution in [0.4, 0.5) is 5.82 Å². The average molecular weight is 371 g/mol. The van der Waals surface area contributed by atoms with E-state index >= 15 is 0 Å². The van der Waals surface area contributed by atoms with Crippen molar-refractivity contribution < 1.29 is 19.7 Å². The molecule has 1 aliphatic rings. The van der Waals surface area contributed by atoms with Crippen LogP contribution < -0.4 is 10.1 Å². The van der Waals surface area contributed by atoms with Gasteiger partial charge in [-0.05, 0) is 17.7 Å². The largest absolute Gasteiger partial charge is 0.497 e. The predicted octanol–water partition coefficient (Wildman–Crippen LogP) is 1.09. The number of aromatic nitrogens is 4. The molecule has 0 unspecified atom stereocenters. The first kappa shape index (κ1) is 17.7. The van der Waals surface area contributed by atoms with E-state index in [2.05, 4.69) is 20.3 Å². The first-order valence-electron chi connectivity index (χ1n) is 8.68. The number of ether oxygens (including phenoxy) is 2. The maximum Gasteiger partial charge on any atom is 0.167 e. The summed E-state index contributed by atoms with van der Waals surface area (Å²) in [5.74, 6) is 1.42. The minimum atomic E-state index is -0.716. The molecule has 27 heavy (non-hydrogen) atoms. The number of aliphatic hydroxyl groups is 2. The molecule has 0 amide bonds. The number of hydrogen-bond acceptors (Lipinski definition) is 8. The molecule has 0 saturated carbocycles. The number of imidazole rings is 1. The van der Waals surface area contributed by atoms with Gasteiger partial charge >= 0.3 is 0 Å². The van der Waals surface area contributed by atoms with Crippen LogP contribution in [0.15, 0.2) is 36.9 Å². The Kier molecular flexibility index (Phi) is 4.88. The highest BCUT2D eigenvalue weighted by molar-refractivity contribution is 5.82. The highest BCUT2D eigenvalue weighted by Gasteiger charge is 2.35. The number of nitrogens with one attached hydrogen (secondary N) is 1. The van der Waals surface area contributed by atoms with Crippen molar-refractivity contribution in [3.05, 3.63) is 42.5 Å². The van der Waals surface area contributed by atoms with Gasteiger partial charge in [-0.3, -0.25) is 4.57 Å². The van der Waals surface area contributed by atoms with Crippen LogP contribution in [0, 0.1) is 0 Å². The van der Waals surface area contributed by atoms with Gasteiger partial charge in [0.05, 0.1) is 26.1 Å². The highest BCUT2D eigenvalue weighted by Crippen LogP contribution is 2.31. The lowest BCUT2D eigenvalue weighted by molar-refractivity contribution is -0.0432. The van der Waals surface area contributed by atoms with E-state index in [0.717, 1.165) is 11.3 Å². The lowest BCUT2D eigenvalue weighted by Gasteiger charge is -2.13. The Bertz CT molecular complexity index is 914. The molecule has 4 rings (SSSR count). The number of aliphatic hydroxyl groups excluding tert-OH is 2. The molecule has 142 valence electrons. The highest BCUT2D eigenvalue weighted by atomic mass is 16.5. The summed E-state index contributed by atoms with van der Waals surface area (Å²) in [5.41, 5.74) is 2.31. The molecule has 3 atom stereocenters. The molecule has 9 heteroatoms. The molecule has 1 aromatic carbocycles. The van der Waals surface area contributed by atoms with E-state index in [-0.39, 0.29) is 6.61 Å². The molecule has 3 N–H and O–H groups in total. The number of methoxy groups -OCH3 is 1. The molecule has 0 radical (unpaired) electrons. The van der Waals surface area contributed by atoms with Gasteiger partial charge in [0.25, 0.3) is 0 Å². The number of hydrogen-bond donors (Lipinski definition) is 3. The maximum absolute atomic E-state index is 9.96. The molecule has 1 fully saturated rings. The Morgan fingerprint density at radius 3 is 2.78 bits per heavy atom. The summed E-state index contributed by atoms with van der Waals surface area (Å²) >= 11 is 0. The SMILES string of the molecule is COc1ccc(CNc2ncnc3c2ncn3[C@H]2C[C@H](O)[C@@H](CO)O2)cc1. The second-order valence-corrected chi connectivity index (χ2v) is 6.36. The Hall–Kier alpha value is -2.75. The minimum Gasteiger partial charge on any atom is -0.497 e. The zero-order chi connectivity index (χ0) is 18.8. The van der Waals surface area contributed by atoms with Crippen LogP contribution in [0.3, 0.4) is 0 Å². The predicted molar refractivity (Wildman–Crippen MR) is 97.3 cm³/mol. The van der Waals surface area contributed by atoms with E-state index in [0.29, 0.717) is 29.9 Å². The van der Waals surface area contributed by atoms with Gasteiger partial charge in [-0.2, -0.15) is 0 Å². The molecule has 1 aliphatic heterocycles. The molecule has 3 heterocycles. The van der Waals surface area contributed by atoms with E-state index in [1.165, 1.54) is 6.33 Å². The molecule has 2 aromatic heterocycles. The Balaban J connectivity index is 1.53. The third-order valence-corrected chi connectivity index (χ3v) is 4.67. The first-order chi connectivity index (χ1) is 13.2. The summed E-state index contributed by atoms with van der Waals surface area (Å²) in [4.78, 5) is 13.0. The van der Waals surface area contributed by atoms with E-state index in [1.54, 1.807) is 18.0 Å². The number of nitrogens with zero attached hydrogens (tertiary/aromatic N) is 4. The van der Waals surface area contributed by atoms with Crippen LogP contribution in [0.25, 0.3) is 11.2 Å². The van der Waals surface area contributed by atoms with Crippen LogP contribution in [-0.4, -0.2) is 55.7 Å². The van der Waals surface area contributed by atoms with Crippen LogP contribution in [0.5, 0.6) is 5.75 Å². The van der Waals surface area contributed by atoms with Crippen molar-refractivity contribution in [3.63, 3.8) is 0 Å². The number of benzene rings is 1. The summed E-state index contributed by atoms with van der Waals surface area (Å²) in [5, 5.41) is 22.5. The van der Waals surface area contributed by atoms with Crippen LogP contribution in [-0.2, 0) is 11.3 Å². The monoisotopic (exact) mass is 371 g/mol. The van der Waals surface area contributed by atoms with Gasteiger partial charge in [-0.15, -0.1) is 0 Å². The Morgan fingerprint density at radius 2 is 2.07 bits per heavy atom. The second kappa shape index (κ2) is 7.47. The number of rotatable bonds is 6. The lowest BCUT2D eigenvalue weighted by Crippen LogP contribution is -2.24. The quantitative estimate of drug-likeness (QED) is 0.590. The van der Waals surface area contributed by atoms with Crippen molar-refractivity contribution >= 4 is 17.0 Å². The van der Waals surface area contributed by atoms with Crippen molar-refractivity contribution in [2.45, 2.75) is 31.4 Å². The maximum atomic E-state index is 9.96. The molecule has 0 aliphatic carbocycles. The van der Waals surface area contributed by atoms with Gasteiger partial charge in [0.15, 0.2) is 17.0 Å². The van der Waals surface area contributed by atoms with Crippen molar-refractivity contribution in [1.29, 1.82) is 0 Å². The van der Waals surface area contributed by atoms with Crippen LogP contribution >= 0.6 is 0 Å². The van der Waals surface area contributed by atoms with Gasteiger partial charge < -0.3 is 25.0 Å². The summed E-state index contributed by atoms with van der Waals surface area (Å²) in [7, 11) is 1.64. The molecular weight excluding hydrogens is 350 g/mol. The van der Waals surface area contributed by atoms with E-state index < -0.39 is 18.4 Å². The van der Waals surface area contributed by atoms with Gasteiger partial charge in [0.2, 0.25) is 0 Å². The third kappa shape index (κ3) is 3.44. The smallest absolute Gasteiger partial charge is 0.167 e. The molecule has 0 spiro atoms. The van der Waals surface area contributed by atoms with Gasteiger partial charge in [-0.25, -0.2) is 15.0 Å². The molecule has 1 saturated heterocycles. The molecule has 9 nitrogen and oxygen atoms in total. The number of fused-ring (bicyclic) bond motifs is 1. The zero-order valence-electron chi connectivity index (χ0n) is 14.8. The summed E-state index contributed by atoms with van der Waals surface area (Å²) < 4.78 is 12.6. The van der Waals surface area contributed by atoms with Crippen molar-refractivity contribution in [2.75, 3.05) is 19.0 Å².